The molecule has 292 valence electrons. The average Bonchev–Trinajstić information content (AvgIpc) is 3.69. The van der Waals surface area contributed by atoms with E-state index in [0.29, 0.717) is 0 Å². The Kier molecular flexibility index (Phi) is 9.57. The van der Waals surface area contributed by atoms with Gasteiger partial charge in [-0.05, 0) is 123 Å². The molecule has 62 heavy (non-hydrogen) atoms. The molecule has 1 aromatic heterocycles. The molecule has 0 radical (unpaired) electrons. The van der Waals surface area contributed by atoms with E-state index in [0.717, 1.165) is 22.7 Å². The first-order valence-electron chi connectivity index (χ1n) is 21.3. The lowest BCUT2D eigenvalue weighted by atomic mass is 9.95. The van der Waals surface area contributed by atoms with Crippen molar-refractivity contribution in [2.75, 3.05) is 4.90 Å². The predicted octanol–water partition coefficient (Wildman–Crippen LogP) is 16.6. The van der Waals surface area contributed by atoms with Gasteiger partial charge in [-0.15, -0.1) is 0 Å². The second-order valence-corrected chi connectivity index (χ2v) is 15.8. The van der Waals surface area contributed by atoms with Gasteiger partial charge in [-0.25, -0.2) is 0 Å². The van der Waals surface area contributed by atoms with Crippen LogP contribution in [0.15, 0.2) is 255 Å². The lowest BCUT2D eigenvalue weighted by Gasteiger charge is -2.26. The van der Waals surface area contributed by atoms with Crippen molar-refractivity contribution in [1.29, 1.82) is 0 Å². The van der Waals surface area contributed by atoms with E-state index in [1.54, 1.807) is 0 Å². The Morgan fingerprint density at radius 2 is 0.613 bits per heavy atom. The smallest absolute Gasteiger partial charge is 0.0619 e. The van der Waals surface area contributed by atoms with Gasteiger partial charge in [-0.3, -0.25) is 0 Å². The molecule has 0 spiro atoms. The van der Waals surface area contributed by atoms with Crippen LogP contribution in [-0.2, 0) is 0 Å². The van der Waals surface area contributed by atoms with E-state index in [9.17, 15) is 0 Å². The first kappa shape index (κ1) is 36.8. The average molecular weight is 791 g/mol. The number of anilines is 3. The summed E-state index contributed by atoms with van der Waals surface area (Å²) >= 11 is 0. The highest BCUT2D eigenvalue weighted by Crippen LogP contribution is 2.43. The van der Waals surface area contributed by atoms with Crippen LogP contribution >= 0.6 is 0 Å². The SMILES string of the molecule is c1ccc(-c2ccc(N(c3ccc(-c4ccccc4)cc3)c3ccc(-n4c5ccc(-c6ccccc6)cc5c5cc(-c6ccccc6)cc(-c6ccccc6)c54)cc3)cc2)cc1. The van der Waals surface area contributed by atoms with Crippen LogP contribution < -0.4 is 4.90 Å². The highest BCUT2D eigenvalue weighted by Gasteiger charge is 2.20. The Morgan fingerprint density at radius 3 is 1.08 bits per heavy atom. The summed E-state index contributed by atoms with van der Waals surface area (Å²) in [4.78, 5) is 2.35. The summed E-state index contributed by atoms with van der Waals surface area (Å²) in [5.41, 5.74) is 18.7. The molecular weight excluding hydrogens is 749 g/mol. The van der Waals surface area contributed by atoms with Crippen molar-refractivity contribution >= 4 is 38.9 Å². The summed E-state index contributed by atoms with van der Waals surface area (Å²) < 4.78 is 2.47. The highest BCUT2D eigenvalue weighted by molar-refractivity contribution is 6.16. The van der Waals surface area contributed by atoms with Gasteiger partial charge in [0.05, 0.1) is 11.0 Å². The zero-order chi connectivity index (χ0) is 41.2. The maximum absolute atomic E-state index is 2.47. The summed E-state index contributed by atoms with van der Waals surface area (Å²) in [6.45, 7) is 0. The van der Waals surface area contributed by atoms with Crippen LogP contribution in [0.5, 0.6) is 0 Å². The number of aromatic nitrogens is 1. The molecule has 0 aliphatic rings. The van der Waals surface area contributed by atoms with Crippen molar-refractivity contribution in [1.82, 2.24) is 4.57 Å². The molecule has 1 heterocycles. The van der Waals surface area contributed by atoms with Crippen LogP contribution in [-0.4, -0.2) is 4.57 Å². The van der Waals surface area contributed by atoms with Crippen LogP contribution in [0.25, 0.3) is 83.1 Å². The van der Waals surface area contributed by atoms with Gasteiger partial charge in [0.15, 0.2) is 0 Å². The molecule has 0 fully saturated rings. The molecule has 0 bridgehead atoms. The first-order chi connectivity index (χ1) is 30.7. The molecule has 2 nitrogen and oxygen atoms in total. The minimum atomic E-state index is 1.08. The van der Waals surface area contributed by atoms with Crippen molar-refractivity contribution < 1.29 is 0 Å². The topological polar surface area (TPSA) is 8.17 Å². The van der Waals surface area contributed by atoms with Gasteiger partial charge in [0.2, 0.25) is 0 Å². The number of fused-ring (bicyclic) bond motifs is 3. The molecule has 0 N–H and O–H groups in total. The van der Waals surface area contributed by atoms with Crippen LogP contribution in [0.1, 0.15) is 0 Å². The Morgan fingerprint density at radius 1 is 0.258 bits per heavy atom. The Labute approximate surface area is 362 Å². The van der Waals surface area contributed by atoms with Gasteiger partial charge >= 0.3 is 0 Å². The molecule has 0 aliphatic heterocycles. The maximum Gasteiger partial charge on any atom is 0.0619 e. The largest absolute Gasteiger partial charge is 0.311 e. The van der Waals surface area contributed by atoms with E-state index in [1.807, 2.05) is 0 Å². The van der Waals surface area contributed by atoms with Crippen LogP contribution in [0.3, 0.4) is 0 Å². The second-order valence-electron chi connectivity index (χ2n) is 15.8. The van der Waals surface area contributed by atoms with E-state index in [1.165, 1.54) is 77.4 Å². The number of nitrogens with zero attached hydrogens (tertiary/aromatic N) is 2. The molecule has 11 aromatic rings. The maximum atomic E-state index is 2.47. The lowest BCUT2D eigenvalue weighted by Crippen LogP contribution is -2.10. The molecule has 0 unspecified atom stereocenters. The van der Waals surface area contributed by atoms with Crippen LogP contribution in [0.4, 0.5) is 17.1 Å². The quantitative estimate of drug-likeness (QED) is 0.141. The van der Waals surface area contributed by atoms with Gasteiger partial charge < -0.3 is 9.47 Å². The van der Waals surface area contributed by atoms with Gasteiger partial charge in [-0.1, -0.05) is 182 Å². The lowest BCUT2D eigenvalue weighted by molar-refractivity contribution is 1.17. The van der Waals surface area contributed by atoms with E-state index in [-0.39, 0.29) is 0 Å². The summed E-state index contributed by atoms with van der Waals surface area (Å²) in [6.07, 6.45) is 0. The third-order valence-corrected chi connectivity index (χ3v) is 12.0. The normalized spacial score (nSPS) is 11.2. The molecule has 11 rings (SSSR count). The molecule has 2 heteroatoms. The van der Waals surface area contributed by atoms with E-state index < -0.39 is 0 Å². The van der Waals surface area contributed by atoms with Crippen molar-refractivity contribution in [2.24, 2.45) is 0 Å². The van der Waals surface area contributed by atoms with E-state index >= 15 is 0 Å². The fourth-order valence-corrected chi connectivity index (χ4v) is 8.93. The third kappa shape index (κ3) is 6.94. The molecule has 0 amide bonds. The number of hydrogen-bond donors (Lipinski definition) is 0. The summed E-state index contributed by atoms with van der Waals surface area (Å²) in [7, 11) is 0. The predicted molar refractivity (Wildman–Crippen MR) is 263 cm³/mol. The van der Waals surface area contributed by atoms with E-state index in [2.05, 4.69) is 264 Å². The second kappa shape index (κ2) is 16.1. The van der Waals surface area contributed by atoms with E-state index in [4.69, 9.17) is 0 Å². The van der Waals surface area contributed by atoms with Gasteiger partial charge in [0.25, 0.3) is 0 Å². The first-order valence-corrected chi connectivity index (χ1v) is 21.3. The zero-order valence-electron chi connectivity index (χ0n) is 34.1. The monoisotopic (exact) mass is 790 g/mol. The third-order valence-electron chi connectivity index (χ3n) is 12.0. The summed E-state index contributed by atoms with van der Waals surface area (Å²) in [5, 5.41) is 2.44. The van der Waals surface area contributed by atoms with Crippen LogP contribution in [0.2, 0.25) is 0 Å². The van der Waals surface area contributed by atoms with Gasteiger partial charge in [0.1, 0.15) is 0 Å². The number of benzene rings is 10. The minimum Gasteiger partial charge on any atom is -0.311 e. The Balaban J connectivity index is 1.09. The summed E-state index contributed by atoms with van der Waals surface area (Å²) in [6, 6.07) is 92.0. The molecule has 0 saturated heterocycles. The number of rotatable bonds is 9. The van der Waals surface area contributed by atoms with Crippen molar-refractivity contribution in [3.63, 3.8) is 0 Å². The molecular formula is C60H42N2. The Bertz CT molecular complexity index is 3180. The van der Waals surface area contributed by atoms with Crippen molar-refractivity contribution in [3.8, 4) is 61.3 Å². The number of hydrogen-bond acceptors (Lipinski definition) is 1. The molecule has 0 atom stereocenters. The summed E-state index contributed by atoms with van der Waals surface area (Å²) in [5.74, 6) is 0. The standard InChI is InChI=1S/C60H42N2/c1-6-16-43(17-7-1)47-26-31-52(32-27-47)61(53-33-28-48(29-34-53)44-18-8-2-9-19-44)54-35-37-55(38-36-54)62-59-39-30-50(45-20-10-3-11-21-45)40-57(59)58-42-51(46-22-12-4-13-23-46)41-56(60(58)62)49-24-14-5-15-25-49/h1-42H. The minimum absolute atomic E-state index is 1.08. The fourth-order valence-electron chi connectivity index (χ4n) is 8.93. The van der Waals surface area contributed by atoms with Gasteiger partial charge in [0, 0.05) is 39.1 Å². The van der Waals surface area contributed by atoms with Crippen molar-refractivity contribution in [3.05, 3.63) is 255 Å². The van der Waals surface area contributed by atoms with Crippen LogP contribution in [0, 0.1) is 0 Å². The molecule has 0 saturated carbocycles. The molecule has 0 aliphatic carbocycles. The fraction of sp³-hybridized carbons (Fsp3) is 0. The Hall–Kier alpha value is -8.20. The van der Waals surface area contributed by atoms with Gasteiger partial charge in [-0.2, -0.15) is 0 Å². The zero-order valence-corrected chi connectivity index (χ0v) is 34.1. The van der Waals surface area contributed by atoms with Crippen molar-refractivity contribution in [2.45, 2.75) is 0 Å². The highest BCUT2D eigenvalue weighted by atomic mass is 15.1. The molecule has 10 aromatic carbocycles.